The molecule has 1 aromatic rings. The number of rotatable bonds is 7. The molecule has 0 aromatic heterocycles. The Hall–Kier alpha value is -1.51. The lowest BCUT2D eigenvalue weighted by Crippen LogP contribution is -2.33. The van der Waals surface area contributed by atoms with Crippen LogP contribution >= 0.6 is 0 Å². The number of nitrogens with one attached hydrogen (secondary N) is 2. The van der Waals surface area contributed by atoms with E-state index in [0.29, 0.717) is 17.2 Å². The summed E-state index contributed by atoms with van der Waals surface area (Å²) in [6, 6.07) is 4.74. The highest BCUT2D eigenvalue weighted by molar-refractivity contribution is 7.90. The van der Waals surface area contributed by atoms with E-state index in [2.05, 4.69) is 9.44 Å². The predicted octanol–water partition coefficient (Wildman–Crippen LogP) is -0.0912. The van der Waals surface area contributed by atoms with Crippen LogP contribution in [0.15, 0.2) is 18.2 Å². The Balaban J connectivity index is 2.89. The highest BCUT2D eigenvalue weighted by atomic mass is 32.2. The molecule has 0 fully saturated rings. The van der Waals surface area contributed by atoms with E-state index >= 15 is 0 Å². The van der Waals surface area contributed by atoms with Gasteiger partial charge in [0.25, 0.3) is 10.2 Å². The quantitative estimate of drug-likeness (QED) is 0.645. The Morgan fingerprint density at radius 1 is 1.17 bits per heavy atom. The molecule has 0 saturated heterocycles. The van der Waals surface area contributed by atoms with E-state index in [1.165, 1.54) is 14.2 Å². The van der Waals surface area contributed by atoms with Gasteiger partial charge in [0.2, 0.25) is 0 Å². The number of hydrogen-bond donors (Lipinski definition) is 3. The third-order valence-corrected chi connectivity index (χ3v) is 3.13. The van der Waals surface area contributed by atoms with E-state index < -0.39 is 10.2 Å². The average Bonchev–Trinajstić information content (AvgIpc) is 2.35. The molecular weight excluding hydrogens is 258 g/mol. The normalized spacial score (nSPS) is 11.1. The summed E-state index contributed by atoms with van der Waals surface area (Å²) in [6.07, 6.45) is 0. The van der Waals surface area contributed by atoms with Crippen LogP contribution in [0.5, 0.6) is 11.5 Å². The summed E-state index contributed by atoms with van der Waals surface area (Å²) in [5.41, 5.74) is 5.57. The summed E-state index contributed by atoms with van der Waals surface area (Å²) in [7, 11) is -0.666. The monoisotopic (exact) mass is 275 g/mol. The fourth-order valence-corrected chi connectivity index (χ4v) is 2.14. The van der Waals surface area contributed by atoms with E-state index in [-0.39, 0.29) is 13.1 Å². The van der Waals surface area contributed by atoms with Gasteiger partial charge < -0.3 is 15.2 Å². The topological polar surface area (TPSA) is 103 Å². The Labute approximate surface area is 106 Å². The summed E-state index contributed by atoms with van der Waals surface area (Å²) in [5, 5.41) is 0. The summed E-state index contributed by atoms with van der Waals surface area (Å²) < 4.78 is 37.9. The lowest BCUT2D eigenvalue weighted by molar-refractivity contribution is 0.395. The molecule has 8 heteroatoms. The molecule has 18 heavy (non-hydrogen) atoms. The van der Waals surface area contributed by atoms with E-state index in [0.717, 1.165) is 0 Å². The fourth-order valence-electron chi connectivity index (χ4n) is 1.25. The van der Waals surface area contributed by atoms with Crippen LogP contribution in [0.1, 0.15) is 0 Å². The SMILES string of the molecule is COc1cc(NS(=O)(=O)NCCN)cc(OC)c1. The van der Waals surface area contributed by atoms with E-state index in [1.54, 1.807) is 18.2 Å². The van der Waals surface area contributed by atoms with Crippen molar-refractivity contribution >= 4 is 15.9 Å². The van der Waals surface area contributed by atoms with Gasteiger partial charge in [-0.15, -0.1) is 0 Å². The zero-order valence-corrected chi connectivity index (χ0v) is 11.1. The largest absolute Gasteiger partial charge is 0.497 e. The third-order valence-electron chi connectivity index (χ3n) is 2.04. The van der Waals surface area contributed by atoms with Crippen LogP contribution in [0.25, 0.3) is 0 Å². The first-order valence-electron chi connectivity index (χ1n) is 5.21. The molecule has 0 spiro atoms. The summed E-state index contributed by atoms with van der Waals surface area (Å²) >= 11 is 0. The zero-order chi connectivity index (χ0) is 13.6. The van der Waals surface area contributed by atoms with Gasteiger partial charge in [-0.2, -0.15) is 13.1 Å². The minimum Gasteiger partial charge on any atom is -0.497 e. The lowest BCUT2D eigenvalue weighted by Gasteiger charge is -2.11. The standard InChI is InChI=1S/C10H17N3O4S/c1-16-9-5-8(6-10(7-9)17-2)13-18(14,15)12-4-3-11/h5-7,12-13H,3-4,11H2,1-2H3. The van der Waals surface area contributed by atoms with Gasteiger partial charge in [-0.25, -0.2) is 0 Å². The number of benzene rings is 1. The van der Waals surface area contributed by atoms with Crippen molar-refractivity contribution in [3.8, 4) is 11.5 Å². The number of ether oxygens (including phenoxy) is 2. The van der Waals surface area contributed by atoms with Crippen molar-refractivity contribution in [2.75, 3.05) is 32.0 Å². The molecular formula is C10H17N3O4S. The van der Waals surface area contributed by atoms with Gasteiger partial charge in [0.15, 0.2) is 0 Å². The van der Waals surface area contributed by atoms with Crippen LogP contribution in [0.4, 0.5) is 5.69 Å². The Morgan fingerprint density at radius 2 is 1.72 bits per heavy atom. The predicted molar refractivity (Wildman–Crippen MR) is 69.1 cm³/mol. The van der Waals surface area contributed by atoms with Crippen molar-refractivity contribution in [3.05, 3.63) is 18.2 Å². The van der Waals surface area contributed by atoms with Gasteiger partial charge >= 0.3 is 0 Å². The minimum absolute atomic E-state index is 0.163. The molecule has 0 atom stereocenters. The first-order valence-corrected chi connectivity index (χ1v) is 6.69. The Bertz CT molecular complexity index is 468. The summed E-state index contributed by atoms with van der Waals surface area (Å²) in [6.45, 7) is 0.388. The van der Waals surface area contributed by atoms with E-state index in [4.69, 9.17) is 15.2 Å². The highest BCUT2D eigenvalue weighted by Gasteiger charge is 2.10. The molecule has 0 amide bonds. The second-order valence-electron chi connectivity index (χ2n) is 3.39. The molecule has 0 aliphatic rings. The smallest absolute Gasteiger partial charge is 0.299 e. The Morgan fingerprint density at radius 3 is 2.17 bits per heavy atom. The second kappa shape index (κ2) is 6.43. The molecule has 102 valence electrons. The molecule has 0 unspecified atom stereocenters. The molecule has 0 bridgehead atoms. The van der Waals surface area contributed by atoms with Crippen molar-refractivity contribution in [2.24, 2.45) is 5.73 Å². The van der Waals surface area contributed by atoms with E-state index in [1.807, 2.05) is 0 Å². The highest BCUT2D eigenvalue weighted by Crippen LogP contribution is 2.26. The second-order valence-corrected chi connectivity index (χ2v) is 4.89. The minimum atomic E-state index is -3.64. The number of methoxy groups -OCH3 is 2. The van der Waals surface area contributed by atoms with Crippen LogP contribution in [0, 0.1) is 0 Å². The van der Waals surface area contributed by atoms with Crippen LogP contribution in [-0.2, 0) is 10.2 Å². The van der Waals surface area contributed by atoms with Crippen LogP contribution in [0.3, 0.4) is 0 Å². The van der Waals surface area contributed by atoms with Crippen molar-refractivity contribution < 1.29 is 17.9 Å². The molecule has 0 heterocycles. The molecule has 4 N–H and O–H groups in total. The van der Waals surface area contributed by atoms with E-state index in [9.17, 15) is 8.42 Å². The summed E-state index contributed by atoms with van der Waals surface area (Å²) in [5.74, 6) is 0.983. The number of anilines is 1. The number of hydrogen-bond acceptors (Lipinski definition) is 5. The van der Waals surface area contributed by atoms with Crippen LogP contribution < -0.4 is 24.7 Å². The fraction of sp³-hybridized carbons (Fsp3) is 0.400. The lowest BCUT2D eigenvalue weighted by atomic mass is 10.3. The zero-order valence-electron chi connectivity index (χ0n) is 10.3. The first-order chi connectivity index (χ1) is 8.50. The molecule has 0 aliphatic heterocycles. The van der Waals surface area contributed by atoms with Gasteiger partial charge in [0.05, 0.1) is 19.9 Å². The molecule has 7 nitrogen and oxygen atoms in total. The summed E-state index contributed by atoms with van der Waals surface area (Å²) in [4.78, 5) is 0. The molecule has 0 radical (unpaired) electrons. The van der Waals surface area contributed by atoms with Crippen molar-refractivity contribution in [1.29, 1.82) is 0 Å². The van der Waals surface area contributed by atoms with Crippen molar-refractivity contribution in [1.82, 2.24) is 4.72 Å². The van der Waals surface area contributed by atoms with Crippen LogP contribution in [0.2, 0.25) is 0 Å². The van der Waals surface area contributed by atoms with Gasteiger partial charge in [0.1, 0.15) is 11.5 Å². The van der Waals surface area contributed by atoms with Gasteiger partial charge in [-0.3, -0.25) is 4.72 Å². The van der Waals surface area contributed by atoms with Crippen molar-refractivity contribution in [2.45, 2.75) is 0 Å². The molecule has 0 saturated carbocycles. The van der Waals surface area contributed by atoms with Crippen molar-refractivity contribution in [3.63, 3.8) is 0 Å². The Kier molecular flexibility index (Phi) is 5.20. The van der Waals surface area contributed by atoms with Crippen LogP contribution in [-0.4, -0.2) is 35.7 Å². The number of nitrogens with two attached hydrogens (primary N) is 1. The average molecular weight is 275 g/mol. The third kappa shape index (κ3) is 4.40. The first kappa shape index (κ1) is 14.6. The molecule has 1 aromatic carbocycles. The van der Waals surface area contributed by atoms with Gasteiger partial charge in [-0.05, 0) is 0 Å². The molecule has 1 rings (SSSR count). The van der Waals surface area contributed by atoms with Gasteiger partial charge in [-0.1, -0.05) is 0 Å². The maximum absolute atomic E-state index is 11.6. The maximum Gasteiger partial charge on any atom is 0.299 e. The molecule has 0 aliphatic carbocycles. The maximum atomic E-state index is 11.6. The van der Waals surface area contributed by atoms with Gasteiger partial charge in [0, 0.05) is 31.3 Å².